The van der Waals surface area contributed by atoms with Gasteiger partial charge in [-0.2, -0.15) is 0 Å². The molecule has 1 amide bonds. The Bertz CT molecular complexity index is 1030. The number of hydrogen-bond donors (Lipinski definition) is 1. The van der Waals surface area contributed by atoms with Crippen LogP contribution in [0.5, 0.6) is 11.5 Å². The predicted octanol–water partition coefficient (Wildman–Crippen LogP) is 3.40. The van der Waals surface area contributed by atoms with Gasteiger partial charge in [0.1, 0.15) is 18.1 Å². The van der Waals surface area contributed by atoms with E-state index in [0.29, 0.717) is 27.8 Å². The lowest BCUT2D eigenvalue weighted by atomic mass is 10.1. The normalized spacial score (nSPS) is 10.4. The van der Waals surface area contributed by atoms with Crippen LogP contribution in [0.15, 0.2) is 42.5 Å². The van der Waals surface area contributed by atoms with E-state index in [9.17, 15) is 9.59 Å². The molecule has 0 saturated heterocycles. The summed E-state index contributed by atoms with van der Waals surface area (Å²) in [5.74, 6) is 0.364. The maximum absolute atomic E-state index is 12.3. The Morgan fingerprint density at radius 1 is 1.03 bits per heavy atom. The first-order valence-corrected chi connectivity index (χ1v) is 9.87. The van der Waals surface area contributed by atoms with Gasteiger partial charge >= 0.3 is 5.97 Å². The van der Waals surface area contributed by atoms with Crippen LogP contribution >= 0.6 is 11.3 Å². The first kappa shape index (κ1) is 21.3. The number of carbonyl (C=O) groups excluding carboxylic acids is 2. The van der Waals surface area contributed by atoms with Gasteiger partial charge in [0.25, 0.3) is 5.91 Å². The van der Waals surface area contributed by atoms with Crippen LogP contribution in [-0.2, 0) is 22.6 Å². The number of benzene rings is 2. The van der Waals surface area contributed by atoms with Gasteiger partial charge in [0.2, 0.25) is 5.01 Å². The molecule has 0 aliphatic heterocycles. The first-order chi connectivity index (χ1) is 14.5. The van der Waals surface area contributed by atoms with Crippen LogP contribution in [0.4, 0.5) is 5.69 Å². The summed E-state index contributed by atoms with van der Waals surface area (Å²) in [4.78, 5) is 24.5. The topological polar surface area (TPSA) is 99.6 Å². The zero-order chi connectivity index (χ0) is 21.5. The Labute approximate surface area is 177 Å². The number of amides is 1. The molecule has 0 aliphatic rings. The molecule has 1 heterocycles. The molecule has 0 radical (unpaired) electrons. The van der Waals surface area contributed by atoms with Crippen molar-refractivity contribution in [1.29, 1.82) is 0 Å². The minimum atomic E-state index is -0.445. The molecule has 0 saturated carbocycles. The zero-order valence-corrected chi connectivity index (χ0v) is 17.6. The molecule has 0 fully saturated rings. The number of anilines is 1. The molecule has 2 aromatic carbocycles. The van der Waals surface area contributed by atoms with Crippen LogP contribution < -0.4 is 14.8 Å². The summed E-state index contributed by atoms with van der Waals surface area (Å²) in [6, 6.07) is 12.6. The summed E-state index contributed by atoms with van der Waals surface area (Å²) in [7, 11) is 3.08. The van der Waals surface area contributed by atoms with Crippen LogP contribution in [0.1, 0.15) is 25.9 Å². The van der Waals surface area contributed by atoms with E-state index in [4.69, 9.17) is 14.2 Å². The van der Waals surface area contributed by atoms with Gasteiger partial charge in [-0.1, -0.05) is 35.1 Å². The first-order valence-electron chi connectivity index (χ1n) is 9.05. The zero-order valence-electron chi connectivity index (χ0n) is 16.8. The molecule has 0 spiro atoms. The van der Waals surface area contributed by atoms with Gasteiger partial charge in [-0.25, -0.2) is 0 Å². The summed E-state index contributed by atoms with van der Waals surface area (Å²) in [5, 5.41) is 11.2. The van der Waals surface area contributed by atoms with Gasteiger partial charge in [0.15, 0.2) is 5.01 Å². The van der Waals surface area contributed by atoms with Crippen molar-refractivity contribution in [2.75, 3.05) is 19.5 Å². The predicted molar refractivity (Wildman–Crippen MR) is 112 cm³/mol. The Morgan fingerprint density at radius 2 is 1.80 bits per heavy atom. The van der Waals surface area contributed by atoms with E-state index < -0.39 is 5.97 Å². The van der Waals surface area contributed by atoms with Crippen molar-refractivity contribution < 1.29 is 23.8 Å². The summed E-state index contributed by atoms with van der Waals surface area (Å²) >= 11 is 1.07. The Balaban J connectivity index is 1.54. The van der Waals surface area contributed by atoms with Crippen LogP contribution in [0.2, 0.25) is 0 Å². The van der Waals surface area contributed by atoms with Crippen molar-refractivity contribution in [2.24, 2.45) is 0 Å². The lowest BCUT2D eigenvalue weighted by Gasteiger charge is -2.10. The van der Waals surface area contributed by atoms with Crippen LogP contribution in [0.3, 0.4) is 0 Å². The highest BCUT2D eigenvalue weighted by molar-refractivity contribution is 7.13. The third kappa shape index (κ3) is 5.54. The summed E-state index contributed by atoms with van der Waals surface area (Å²) in [6.07, 6.45) is 0.0345. The second kappa shape index (κ2) is 9.84. The van der Waals surface area contributed by atoms with Crippen molar-refractivity contribution in [3.8, 4) is 11.5 Å². The van der Waals surface area contributed by atoms with Crippen LogP contribution in [0.25, 0.3) is 0 Å². The van der Waals surface area contributed by atoms with E-state index in [1.807, 2.05) is 31.2 Å². The van der Waals surface area contributed by atoms with Gasteiger partial charge in [-0.05, 0) is 25.1 Å². The van der Waals surface area contributed by atoms with E-state index in [1.54, 1.807) is 25.3 Å². The number of rotatable bonds is 8. The van der Waals surface area contributed by atoms with Gasteiger partial charge in [0, 0.05) is 17.3 Å². The van der Waals surface area contributed by atoms with Crippen LogP contribution in [-0.4, -0.2) is 36.3 Å². The number of ether oxygens (including phenoxy) is 3. The molecule has 1 aromatic heterocycles. The molecule has 156 valence electrons. The van der Waals surface area contributed by atoms with Gasteiger partial charge in [-0.15, -0.1) is 10.2 Å². The SMILES string of the molecule is COc1ccc(CC(=O)OCc2nnc(C(=O)Nc3ccc(C)cc3)s2)c(OC)c1. The molecule has 8 nitrogen and oxygen atoms in total. The lowest BCUT2D eigenvalue weighted by molar-refractivity contribution is -0.144. The van der Waals surface area contributed by atoms with Crippen molar-refractivity contribution in [3.05, 3.63) is 63.6 Å². The number of aryl methyl sites for hydroxylation is 1. The molecular weight excluding hydrogens is 406 g/mol. The molecule has 3 rings (SSSR count). The van der Waals surface area contributed by atoms with Gasteiger partial charge in [0.05, 0.1) is 20.6 Å². The number of aromatic nitrogens is 2. The fraction of sp³-hybridized carbons (Fsp3) is 0.238. The average molecular weight is 427 g/mol. The van der Waals surface area contributed by atoms with Crippen molar-refractivity contribution in [2.45, 2.75) is 20.0 Å². The number of hydrogen-bond acceptors (Lipinski definition) is 8. The molecule has 30 heavy (non-hydrogen) atoms. The van der Waals surface area contributed by atoms with Gasteiger partial charge < -0.3 is 19.5 Å². The largest absolute Gasteiger partial charge is 0.497 e. The van der Waals surface area contributed by atoms with E-state index in [1.165, 1.54) is 7.11 Å². The van der Waals surface area contributed by atoms with E-state index in [-0.39, 0.29) is 23.9 Å². The lowest BCUT2D eigenvalue weighted by Crippen LogP contribution is -2.11. The maximum Gasteiger partial charge on any atom is 0.310 e. The third-order valence-corrected chi connectivity index (χ3v) is 5.05. The molecule has 3 aromatic rings. The van der Waals surface area contributed by atoms with Crippen LogP contribution in [0, 0.1) is 6.92 Å². The highest BCUT2D eigenvalue weighted by atomic mass is 32.1. The number of nitrogens with one attached hydrogen (secondary N) is 1. The Hall–Kier alpha value is -3.46. The summed E-state index contributed by atoms with van der Waals surface area (Å²) in [6.45, 7) is 1.90. The summed E-state index contributed by atoms with van der Waals surface area (Å²) in [5.41, 5.74) is 2.45. The number of nitrogens with zero attached hydrogens (tertiary/aromatic N) is 2. The highest BCUT2D eigenvalue weighted by Gasteiger charge is 2.16. The molecule has 0 atom stereocenters. The minimum Gasteiger partial charge on any atom is -0.497 e. The quantitative estimate of drug-likeness (QED) is 0.550. The average Bonchev–Trinajstić information content (AvgIpc) is 3.23. The molecular formula is C21H21N3O5S. The molecule has 0 unspecified atom stereocenters. The molecule has 9 heteroatoms. The minimum absolute atomic E-state index is 0.0345. The molecule has 1 N–H and O–H groups in total. The maximum atomic E-state index is 12.3. The van der Waals surface area contributed by atoms with E-state index in [0.717, 1.165) is 16.9 Å². The second-order valence-corrected chi connectivity index (χ2v) is 7.40. The highest BCUT2D eigenvalue weighted by Crippen LogP contribution is 2.25. The number of methoxy groups -OCH3 is 2. The number of esters is 1. The van der Waals surface area contributed by atoms with Crippen molar-refractivity contribution in [3.63, 3.8) is 0 Å². The molecule has 0 aliphatic carbocycles. The smallest absolute Gasteiger partial charge is 0.310 e. The van der Waals surface area contributed by atoms with Gasteiger partial charge in [-0.3, -0.25) is 9.59 Å². The van der Waals surface area contributed by atoms with E-state index in [2.05, 4.69) is 15.5 Å². The monoisotopic (exact) mass is 427 g/mol. The Morgan fingerprint density at radius 3 is 2.50 bits per heavy atom. The number of carbonyl (C=O) groups is 2. The van der Waals surface area contributed by atoms with Crippen molar-refractivity contribution >= 4 is 28.9 Å². The van der Waals surface area contributed by atoms with E-state index >= 15 is 0 Å². The fourth-order valence-corrected chi connectivity index (χ4v) is 3.22. The standard InChI is InChI=1S/C21H21N3O5S/c1-13-4-7-15(8-5-13)22-20(26)21-24-23-18(30-21)12-29-19(25)10-14-6-9-16(27-2)11-17(14)28-3/h4-9,11H,10,12H2,1-3H3,(H,22,26). The second-order valence-electron chi connectivity index (χ2n) is 6.34. The van der Waals surface area contributed by atoms with Crippen molar-refractivity contribution in [1.82, 2.24) is 10.2 Å². The Kier molecular flexibility index (Phi) is 6.97. The fourth-order valence-electron chi connectivity index (χ4n) is 2.57. The summed E-state index contributed by atoms with van der Waals surface area (Å²) < 4.78 is 15.7. The molecule has 0 bridgehead atoms. The third-order valence-electron chi connectivity index (χ3n) is 4.16.